The van der Waals surface area contributed by atoms with Crippen molar-refractivity contribution in [2.24, 2.45) is 0 Å². The summed E-state index contributed by atoms with van der Waals surface area (Å²) < 4.78 is 2.65. The van der Waals surface area contributed by atoms with E-state index in [4.69, 9.17) is 0 Å². The highest BCUT2D eigenvalue weighted by atomic mass is 32.1. The minimum atomic E-state index is 1.26. The molecule has 0 fully saturated rings. The molecule has 0 spiro atoms. The zero-order valence-corrected chi connectivity index (χ0v) is 30.5. The van der Waals surface area contributed by atoms with Gasteiger partial charge < -0.3 is 0 Å². The third kappa shape index (κ3) is 4.11. The summed E-state index contributed by atoms with van der Waals surface area (Å²) in [7, 11) is 0. The van der Waals surface area contributed by atoms with Gasteiger partial charge in [-0.1, -0.05) is 170 Å². The molecule has 0 unspecified atom stereocenters. The van der Waals surface area contributed by atoms with Crippen molar-refractivity contribution in [3.05, 3.63) is 182 Å². The van der Waals surface area contributed by atoms with Gasteiger partial charge in [0.05, 0.1) is 0 Å². The molecular weight excluding hydrogens is 681 g/mol. The van der Waals surface area contributed by atoms with Crippen molar-refractivity contribution >= 4 is 107 Å². The maximum Gasteiger partial charge on any atom is 0.0361 e. The van der Waals surface area contributed by atoms with E-state index in [1.54, 1.807) is 0 Å². The van der Waals surface area contributed by atoms with Crippen LogP contribution >= 0.6 is 11.3 Å². The highest BCUT2D eigenvalue weighted by molar-refractivity contribution is 7.25. The molecule has 0 atom stereocenters. The van der Waals surface area contributed by atoms with E-state index in [9.17, 15) is 0 Å². The van der Waals surface area contributed by atoms with Crippen molar-refractivity contribution in [3.8, 4) is 33.4 Å². The van der Waals surface area contributed by atoms with Gasteiger partial charge in [-0.05, 0) is 121 Å². The molecule has 55 heavy (non-hydrogen) atoms. The van der Waals surface area contributed by atoms with Crippen LogP contribution < -0.4 is 0 Å². The Morgan fingerprint density at radius 3 is 1.25 bits per heavy atom. The predicted molar refractivity (Wildman–Crippen MR) is 241 cm³/mol. The van der Waals surface area contributed by atoms with E-state index in [0.717, 1.165) is 0 Å². The maximum absolute atomic E-state index is 2.42. The minimum Gasteiger partial charge on any atom is -0.135 e. The lowest BCUT2D eigenvalue weighted by Crippen LogP contribution is -1.90. The van der Waals surface area contributed by atoms with Crippen LogP contribution in [-0.2, 0) is 0 Å². The molecule has 0 N–H and O–H groups in total. The smallest absolute Gasteiger partial charge is 0.0361 e. The van der Waals surface area contributed by atoms with Crippen LogP contribution in [-0.4, -0.2) is 0 Å². The Labute approximate surface area is 320 Å². The largest absolute Gasteiger partial charge is 0.135 e. The highest BCUT2D eigenvalue weighted by Gasteiger charge is 2.18. The topological polar surface area (TPSA) is 0 Å². The second-order valence-corrected chi connectivity index (χ2v) is 16.3. The lowest BCUT2D eigenvalue weighted by Gasteiger charge is -2.17. The van der Waals surface area contributed by atoms with Crippen molar-refractivity contribution in [2.75, 3.05) is 0 Å². The Morgan fingerprint density at radius 1 is 0.236 bits per heavy atom. The molecule has 252 valence electrons. The molecule has 0 saturated heterocycles. The standard InChI is InChI=1S/C54H30S/c1-2-9-39-31(5-1)6-4-10-42(39)43-23-15-36-17-27-47-41(22-14-35-18-28-48(43)54(36)53(35)47)38-20-25-45-44-24-19-37(29-49(44)55-50(45)30-38)40-21-13-34-12-11-32-7-3-8-33-16-26-46(40)52(34)51(32)33/h1-30H. The first kappa shape index (κ1) is 29.6. The summed E-state index contributed by atoms with van der Waals surface area (Å²) >= 11 is 1.91. The third-order valence-corrected chi connectivity index (χ3v) is 13.5. The second kappa shape index (κ2) is 10.9. The Hall–Kier alpha value is -6.80. The SMILES string of the molecule is c1ccc2c(-c3ccc4ccc5c(-c6ccc7c(c6)sc6cc(-c8ccc9ccc%10cccc%11ccc8c9c%10%11)ccc67)ccc6ccc3c4c65)cccc2c1. The fourth-order valence-corrected chi connectivity index (χ4v) is 11.0. The summed E-state index contributed by atoms with van der Waals surface area (Å²) in [6, 6.07) is 68.5. The van der Waals surface area contributed by atoms with Crippen molar-refractivity contribution < 1.29 is 0 Å². The second-order valence-electron chi connectivity index (χ2n) is 15.2. The number of fused-ring (bicyclic) bond motifs is 4. The fourth-order valence-electron chi connectivity index (χ4n) is 9.85. The van der Waals surface area contributed by atoms with Gasteiger partial charge in [0, 0.05) is 20.2 Å². The van der Waals surface area contributed by atoms with Crippen molar-refractivity contribution in [1.29, 1.82) is 0 Å². The Morgan fingerprint density at radius 2 is 0.636 bits per heavy atom. The normalized spacial score (nSPS) is 12.4. The summed E-state index contributed by atoms with van der Waals surface area (Å²) in [6.07, 6.45) is 0. The zero-order valence-electron chi connectivity index (χ0n) is 29.7. The Balaban J connectivity index is 0.965. The Bertz CT molecular complexity index is 3690. The summed E-state index contributed by atoms with van der Waals surface area (Å²) in [4.78, 5) is 0. The number of hydrogen-bond acceptors (Lipinski definition) is 1. The number of thiophene rings is 1. The van der Waals surface area contributed by atoms with Crippen LogP contribution in [0.4, 0.5) is 0 Å². The average Bonchev–Trinajstić information content (AvgIpc) is 3.61. The van der Waals surface area contributed by atoms with Crippen molar-refractivity contribution in [1.82, 2.24) is 0 Å². The molecule has 1 aromatic heterocycles. The monoisotopic (exact) mass is 710 g/mol. The summed E-state index contributed by atoms with van der Waals surface area (Å²) in [5, 5.41) is 21.1. The summed E-state index contributed by atoms with van der Waals surface area (Å²) in [5.41, 5.74) is 7.69. The first-order valence-corrected chi connectivity index (χ1v) is 19.9. The van der Waals surface area contributed by atoms with E-state index in [0.29, 0.717) is 0 Å². The summed E-state index contributed by atoms with van der Waals surface area (Å²) in [6.45, 7) is 0. The van der Waals surface area contributed by atoms with Gasteiger partial charge in [0.15, 0.2) is 0 Å². The molecule has 0 amide bonds. The van der Waals surface area contributed by atoms with Crippen LogP contribution in [0, 0.1) is 0 Å². The quantitative estimate of drug-likeness (QED) is 0.160. The molecule has 0 saturated carbocycles. The van der Waals surface area contributed by atoms with Crippen LogP contribution in [0.2, 0.25) is 0 Å². The summed E-state index contributed by atoms with van der Waals surface area (Å²) in [5.74, 6) is 0. The van der Waals surface area contributed by atoms with Crippen LogP contribution in [0.1, 0.15) is 0 Å². The highest BCUT2D eigenvalue weighted by Crippen LogP contribution is 2.46. The van der Waals surface area contributed by atoms with Gasteiger partial charge in [-0.2, -0.15) is 0 Å². The van der Waals surface area contributed by atoms with Crippen LogP contribution in [0.15, 0.2) is 182 Å². The van der Waals surface area contributed by atoms with E-state index in [-0.39, 0.29) is 0 Å². The molecule has 13 aromatic rings. The van der Waals surface area contributed by atoms with Gasteiger partial charge in [0.25, 0.3) is 0 Å². The van der Waals surface area contributed by atoms with Crippen LogP contribution in [0.25, 0.3) is 129 Å². The number of rotatable bonds is 3. The molecule has 13 rings (SSSR count). The first-order valence-electron chi connectivity index (χ1n) is 19.1. The van der Waals surface area contributed by atoms with Gasteiger partial charge in [-0.15, -0.1) is 11.3 Å². The molecule has 1 heterocycles. The fraction of sp³-hybridized carbons (Fsp3) is 0. The van der Waals surface area contributed by atoms with Crippen LogP contribution in [0.5, 0.6) is 0 Å². The number of hydrogen-bond donors (Lipinski definition) is 0. The van der Waals surface area contributed by atoms with E-state index in [1.165, 1.54) is 129 Å². The van der Waals surface area contributed by atoms with Gasteiger partial charge in [0.2, 0.25) is 0 Å². The van der Waals surface area contributed by atoms with E-state index in [2.05, 4.69) is 182 Å². The van der Waals surface area contributed by atoms with E-state index >= 15 is 0 Å². The molecule has 0 aliphatic heterocycles. The van der Waals surface area contributed by atoms with Crippen molar-refractivity contribution in [2.45, 2.75) is 0 Å². The van der Waals surface area contributed by atoms with Crippen molar-refractivity contribution in [3.63, 3.8) is 0 Å². The van der Waals surface area contributed by atoms with E-state index < -0.39 is 0 Å². The average molecular weight is 711 g/mol. The first-order chi connectivity index (χ1) is 27.2. The third-order valence-electron chi connectivity index (χ3n) is 12.4. The van der Waals surface area contributed by atoms with Gasteiger partial charge in [-0.3, -0.25) is 0 Å². The molecule has 0 radical (unpaired) electrons. The molecule has 0 aliphatic rings. The van der Waals surface area contributed by atoms with E-state index in [1.807, 2.05) is 11.3 Å². The Kier molecular flexibility index (Phi) is 5.86. The molecule has 1 heteroatoms. The van der Waals surface area contributed by atoms with Gasteiger partial charge in [-0.25, -0.2) is 0 Å². The molecular formula is C54H30S. The lowest BCUT2D eigenvalue weighted by atomic mass is 9.86. The minimum absolute atomic E-state index is 1.26. The predicted octanol–water partition coefficient (Wildman–Crippen LogP) is 16.0. The molecule has 0 aliphatic carbocycles. The molecule has 0 nitrogen and oxygen atoms in total. The molecule has 12 aromatic carbocycles. The molecule has 0 bridgehead atoms. The lowest BCUT2D eigenvalue weighted by molar-refractivity contribution is 1.69. The van der Waals surface area contributed by atoms with Crippen LogP contribution in [0.3, 0.4) is 0 Å². The van der Waals surface area contributed by atoms with Gasteiger partial charge >= 0.3 is 0 Å². The number of benzene rings is 12. The van der Waals surface area contributed by atoms with Gasteiger partial charge in [0.1, 0.15) is 0 Å². The maximum atomic E-state index is 2.42. The zero-order chi connectivity index (χ0) is 35.8.